The molecule has 0 aliphatic rings. The SMILES string of the molecule is Cc1cccc(C)c1[O][Ti+2][O]c1c(C)c(C)c(C)c(C)c1C.[Cl-].[Cl-]. The topological polar surface area (TPSA) is 18.5 Å². The Morgan fingerprint density at radius 3 is 1.42 bits per heavy atom. The molecule has 0 atom stereocenters. The third-order valence-corrected chi connectivity index (χ3v) is 5.53. The number of rotatable bonds is 4. The number of aryl methyl sites for hydroxylation is 2. The molecule has 2 aromatic rings. The average Bonchev–Trinajstić information content (AvgIpc) is 2.49. The van der Waals surface area contributed by atoms with Crippen LogP contribution in [0.15, 0.2) is 18.2 Å². The predicted octanol–water partition coefficient (Wildman–Crippen LogP) is -0.776. The van der Waals surface area contributed by atoms with E-state index in [0.717, 1.165) is 22.6 Å². The molecule has 0 radical (unpaired) electrons. The van der Waals surface area contributed by atoms with Crippen LogP contribution in [0.5, 0.6) is 11.5 Å². The average molecular weight is 403 g/mol. The van der Waals surface area contributed by atoms with Gasteiger partial charge in [0.15, 0.2) is 0 Å². The predicted molar refractivity (Wildman–Crippen MR) is 87.3 cm³/mol. The fourth-order valence-electron chi connectivity index (χ4n) is 2.68. The molecule has 0 unspecified atom stereocenters. The summed E-state index contributed by atoms with van der Waals surface area (Å²) in [5.74, 6) is 1.98. The van der Waals surface area contributed by atoms with Gasteiger partial charge in [0.05, 0.1) is 0 Å². The minimum Gasteiger partial charge on any atom is -1.00 e. The molecule has 0 bridgehead atoms. The Bertz CT molecular complexity index is 666. The minimum atomic E-state index is -0.980. The van der Waals surface area contributed by atoms with Crippen LogP contribution in [0.4, 0.5) is 0 Å². The van der Waals surface area contributed by atoms with Gasteiger partial charge >= 0.3 is 144 Å². The molecule has 0 saturated carbocycles. The van der Waals surface area contributed by atoms with E-state index in [-0.39, 0.29) is 24.8 Å². The van der Waals surface area contributed by atoms with Gasteiger partial charge in [-0.25, -0.2) is 0 Å². The molecule has 0 heterocycles. The van der Waals surface area contributed by atoms with E-state index in [1.807, 2.05) is 0 Å². The zero-order valence-electron chi connectivity index (χ0n) is 15.3. The Balaban J connectivity index is 0.00000264. The summed E-state index contributed by atoms with van der Waals surface area (Å²) < 4.78 is 12.1. The van der Waals surface area contributed by atoms with E-state index in [0.29, 0.717) is 0 Å². The van der Waals surface area contributed by atoms with Crippen molar-refractivity contribution in [3.63, 3.8) is 0 Å². The molecule has 24 heavy (non-hydrogen) atoms. The zero-order chi connectivity index (χ0) is 16.4. The largest absolute Gasteiger partial charge is 1.00 e. The van der Waals surface area contributed by atoms with Gasteiger partial charge in [0.1, 0.15) is 0 Å². The van der Waals surface area contributed by atoms with Crippen LogP contribution in [0.3, 0.4) is 0 Å². The molecular weight excluding hydrogens is 379 g/mol. The van der Waals surface area contributed by atoms with E-state index in [2.05, 4.69) is 66.7 Å². The maximum absolute atomic E-state index is 6.10. The molecule has 0 spiro atoms. The van der Waals surface area contributed by atoms with Crippen LogP contribution >= 0.6 is 0 Å². The molecule has 0 N–H and O–H groups in total. The fraction of sp³-hybridized carbons (Fsp3) is 0.368. The van der Waals surface area contributed by atoms with Crippen LogP contribution in [0.1, 0.15) is 38.9 Å². The van der Waals surface area contributed by atoms with Crippen LogP contribution in [-0.2, 0) is 19.9 Å². The first-order valence-corrected chi connectivity index (χ1v) is 8.84. The number of benzene rings is 2. The van der Waals surface area contributed by atoms with Crippen molar-refractivity contribution in [3.8, 4) is 11.5 Å². The quantitative estimate of drug-likeness (QED) is 0.625. The van der Waals surface area contributed by atoms with Crippen molar-refractivity contribution in [1.29, 1.82) is 0 Å². The zero-order valence-corrected chi connectivity index (χ0v) is 18.4. The monoisotopic (exact) mass is 402 g/mol. The summed E-state index contributed by atoms with van der Waals surface area (Å²) in [6.07, 6.45) is 0. The van der Waals surface area contributed by atoms with Gasteiger partial charge in [-0.05, 0) is 0 Å². The van der Waals surface area contributed by atoms with Gasteiger partial charge in [-0.15, -0.1) is 0 Å². The van der Waals surface area contributed by atoms with E-state index in [4.69, 9.17) is 6.64 Å². The molecule has 2 rings (SSSR count). The van der Waals surface area contributed by atoms with E-state index < -0.39 is 19.9 Å². The third-order valence-electron chi connectivity index (χ3n) is 4.63. The standard InChI is InChI=1S/C11H16O.C8H10O.2ClH.Ti/c1-6-7(2)9(4)11(12)10(5)8(6)3;1-6-4-3-5-7(2)8(6)9;;;/h12H,1-5H3;3-5,9H,1-2H3;2*1H;/q;;;;+4/p-4. The Labute approximate surface area is 168 Å². The number of para-hydroxylation sites is 1. The molecule has 0 aliphatic heterocycles. The summed E-state index contributed by atoms with van der Waals surface area (Å²) in [6, 6.07) is 6.20. The number of hydrogen-bond acceptors (Lipinski definition) is 2. The molecule has 130 valence electrons. The van der Waals surface area contributed by atoms with Crippen LogP contribution in [0, 0.1) is 48.5 Å². The first-order chi connectivity index (χ1) is 10.3. The van der Waals surface area contributed by atoms with Gasteiger partial charge in [-0.3, -0.25) is 0 Å². The molecule has 2 nitrogen and oxygen atoms in total. The van der Waals surface area contributed by atoms with Crippen LogP contribution < -0.4 is 31.5 Å². The Morgan fingerprint density at radius 1 is 0.583 bits per heavy atom. The van der Waals surface area contributed by atoms with Crippen LogP contribution in [0.2, 0.25) is 0 Å². The van der Waals surface area contributed by atoms with Crippen molar-refractivity contribution >= 4 is 0 Å². The maximum Gasteiger partial charge on any atom is -1.00 e. The normalized spacial score (nSPS) is 9.46. The fourth-order valence-corrected chi connectivity index (χ4v) is 3.99. The van der Waals surface area contributed by atoms with Crippen molar-refractivity contribution in [2.24, 2.45) is 0 Å². The second-order valence-electron chi connectivity index (χ2n) is 5.96. The number of hydrogen-bond donors (Lipinski definition) is 0. The molecule has 0 saturated heterocycles. The van der Waals surface area contributed by atoms with Crippen molar-refractivity contribution in [2.45, 2.75) is 48.5 Å². The van der Waals surface area contributed by atoms with Gasteiger partial charge in [0.25, 0.3) is 0 Å². The Hall–Kier alpha value is -0.666. The molecule has 5 heteroatoms. The van der Waals surface area contributed by atoms with Gasteiger partial charge in [-0.2, -0.15) is 0 Å². The van der Waals surface area contributed by atoms with Gasteiger partial charge in [-0.1, -0.05) is 0 Å². The van der Waals surface area contributed by atoms with Crippen LogP contribution in [0.25, 0.3) is 0 Å². The van der Waals surface area contributed by atoms with Gasteiger partial charge < -0.3 is 24.8 Å². The molecule has 2 aromatic carbocycles. The second kappa shape index (κ2) is 9.72. The van der Waals surface area contributed by atoms with Crippen molar-refractivity contribution in [1.82, 2.24) is 0 Å². The first kappa shape index (κ1) is 23.3. The van der Waals surface area contributed by atoms with Crippen molar-refractivity contribution < 1.29 is 51.4 Å². The Kier molecular flexibility index (Phi) is 9.45. The maximum atomic E-state index is 6.10. The molecule has 0 amide bonds. The van der Waals surface area contributed by atoms with Gasteiger partial charge in [0.2, 0.25) is 0 Å². The molecule has 0 fully saturated rings. The summed E-state index contributed by atoms with van der Waals surface area (Å²) in [6.45, 7) is 14.9. The van der Waals surface area contributed by atoms with Crippen molar-refractivity contribution in [2.75, 3.05) is 0 Å². The molecular formula is C19H24Cl2O2Ti. The minimum absolute atomic E-state index is 0. The smallest absolute Gasteiger partial charge is 1.00 e. The first-order valence-electron chi connectivity index (χ1n) is 7.56. The van der Waals surface area contributed by atoms with E-state index >= 15 is 0 Å². The van der Waals surface area contributed by atoms with Crippen molar-refractivity contribution in [3.05, 3.63) is 57.1 Å². The van der Waals surface area contributed by atoms with Gasteiger partial charge in [0, 0.05) is 0 Å². The number of halogens is 2. The van der Waals surface area contributed by atoms with E-state index in [1.165, 1.54) is 27.8 Å². The third kappa shape index (κ3) is 4.70. The second-order valence-corrected chi connectivity index (χ2v) is 6.86. The summed E-state index contributed by atoms with van der Waals surface area (Å²) in [7, 11) is 0. The summed E-state index contributed by atoms with van der Waals surface area (Å²) in [5, 5.41) is 0. The van der Waals surface area contributed by atoms with E-state index in [9.17, 15) is 0 Å². The Morgan fingerprint density at radius 2 is 0.958 bits per heavy atom. The molecule has 0 aromatic heterocycles. The van der Waals surface area contributed by atoms with Crippen LogP contribution in [-0.4, -0.2) is 0 Å². The summed E-state index contributed by atoms with van der Waals surface area (Å²) >= 11 is -0.980. The molecule has 0 aliphatic carbocycles. The summed E-state index contributed by atoms with van der Waals surface area (Å²) in [5.41, 5.74) is 8.78. The van der Waals surface area contributed by atoms with E-state index in [1.54, 1.807) is 0 Å². The summed E-state index contributed by atoms with van der Waals surface area (Å²) in [4.78, 5) is 0.